The van der Waals surface area contributed by atoms with Crippen LogP contribution in [0.4, 0.5) is 5.69 Å². The van der Waals surface area contributed by atoms with Crippen molar-refractivity contribution in [2.24, 2.45) is 5.73 Å². The molecular weight excluding hydrogens is 334 g/mol. The summed E-state index contributed by atoms with van der Waals surface area (Å²) in [5.41, 5.74) is 8.29. The highest BCUT2D eigenvalue weighted by Gasteiger charge is 2.08. The molecule has 0 heterocycles. The summed E-state index contributed by atoms with van der Waals surface area (Å²) in [7, 11) is 0. The quantitative estimate of drug-likeness (QED) is 0.572. The zero-order chi connectivity index (χ0) is 18.9. The number of hydrogen-bond acceptors (Lipinski definition) is 4. The average molecular weight is 355 g/mol. The van der Waals surface area contributed by atoms with Crippen molar-refractivity contribution in [2.75, 3.05) is 11.9 Å². The molecule has 26 heavy (non-hydrogen) atoms. The number of hydrogen-bond donors (Lipinski definition) is 4. The first kappa shape index (κ1) is 19.1. The summed E-state index contributed by atoms with van der Waals surface area (Å²) in [6.45, 7) is 0.502. The van der Waals surface area contributed by atoms with Crippen molar-refractivity contribution in [1.29, 1.82) is 0 Å². The molecular formula is C19H21N3O4. The summed E-state index contributed by atoms with van der Waals surface area (Å²) >= 11 is 0. The van der Waals surface area contributed by atoms with Crippen LogP contribution in [-0.4, -0.2) is 29.4 Å². The van der Waals surface area contributed by atoms with E-state index in [2.05, 4.69) is 10.6 Å². The van der Waals surface area contributed by atoms with Gasteiger partial charge in [-0.05, 0) is 35.4 Å². The second kappa shape index (κ2) is 9.33. The molecule has 0 aliphatic heterocycles. The van der Waals surface area contributed by atoms with Gasteiger partial charge in [0.1, 0.15) is 0 Å². The molecule has 0 aromatic heterocycles. The van der Waals surface area contributed by atoms with Crippen molar-refractivity contribution in [1.82, 2.24) is 5.32 Å². The van der Waals surface area contributed by atoms with Gasteiger partial charge in [-0.2, -0.15) is 0 Å². The Morgan fingerprint density at radius 1 is 1.00 bits per heavy atom. The lowest BCUT2D eigenvalue weighted by Gasteiger charge is -2.08. The Kier molecular flexibility index (Phi) is 6.87. The second-order valence-corrected chi connectivity index (χ2v) is 5.73. The number of anilines is 1. The lowest BCUT2D eigenvalue weighted by molar-refractivity contribution is -0.136. The normalized spacial score (nSPS) is 10.2. The Bertz CT molecular complexity index is 788. The Morgan fingerprint density at radius 3 is 2.38 bits per heavy atom. The van der Waals surface area contributed by atoms with Gasteiger partial charge < -0.3 is 21.5 Å². The molecule has 2 amide bonds. The van der Waals surface area contributed by atoms with E-state index in [1.165, 1.54) is 0 Å². The largest absolute Gasteiger partial charge is 0.481 e. The monoisotopic (exact) mass is 355 g/mol. The van der Waals surface area contributed by atoms with Crippen LogP contribution in [0, 0.1) is 0 Å². The molecule has 0 saturated heterocycles. The number of benzene rings is 2. The fourth-order valence-corrected chi connectivity index (χ4v) is 2.31. The maximum atomic E-state index is 12.3. The van der Waals surface area contributed by atoms with E-state index < -0.39 is 5.97 Å². The molecule has 0 fully saturated rings. The van der Waals surface area contributed by atoms with Crippen LogP contribution in [0.1, 0.15) is 27.9 Å². The summed E-state index contributed by atoms with van der Waals surface area (Å²) in [5.74, 6) is -1.49. The van der Waals surface area contributed by atoms with Crippen LogP contribution in [0.3, 0.4) is 0 Å². The van der Waals surface area contributed by atoms with Gasteiger partial charge in [0, 0.05) is 24.3 Å². The smallest absolute Gasteiger partial charge is 0.305 e. The van der Waals surface area contributed by atoms with Crippen molar-refractivity contribution < 1.29 is 19.5 Å². The molecule has 0 saturated carbocycles. The van der Waals surface area contributed by atoms with Gasteiger partial charge in [0.15, 0.2) is 0 Å². The standard InChI is InChI=1S/C19H21N3O4/c20-12-13-4-6-15(7-5-13)19(26)22-16-3-1-2-14(10-16)11-17(23)21-9-8-18(24)25/h1-7,10H,8-9,11-12,20H2,(H,21,23)(H,22,26)(H,24,25). The van der Waals surface area contributed by atoms with Crippen molar-refractivity contribution >= 4 is 23.5 Å². The van der Waals surface area contributed by atoms with Gasteiger partial charge in [0.2, 0.25) is 5.91 Å². The molecule has 0 spiro atoms. The number of nitrogens with two attached hydrogens (primary N) is 1. The zero-order valence-electron chi connectivity index (χ0n) is 14.2. The average Bonchev–Trinajstić information content (AvgIpc) is 2.61. The van der Waals surface area contributed by atoms with Gasteiger partial charge in [-0.25, -0.2) is 0 Å². The van der Waals surface area contributed by atoms with Gasteiger partial charge in [-0.1, -0.05) is 24.3 Å². The van der Waals surface area contributed by atoms with Crippen LogP contribution in [0.5, 0.6) is 0 Å². The SMILES string of the molecule is NCc1ccc(C(=O)Nc2cccc(CC(=O)NCCC(=O)O)c2)cc1. The molecule has 2 rings (SSSR count). The molecule has 0 radical (unpaired) electrons. The van der Waals surface area contributed by atoms with E-state index in [1.54, 1.807) is 48.5 Å². The van der Waals surface area contributed by atoms with E-state index in [0.717, 1.165) is 5.56 Å². The fraction of sp³-hybridized carbons (Fsp3) is 0.211. The molecule has 0 atom stereocenters. The van der Waals surface area contributed by atoms with Crippen molar-refractivity contribution in [3.8, 4) is 0 Å². The number of carboxylic acids is 1. The predicted molar refractivity (Wildman–Crippen MR) is 97.7 cm³/mol. The molecule has 136 valence electrons. The van der Waals surface area contributed by atoms with Crippen molar-refractivity contribution in [3.63, 3.8) is 0 Å². The molecule has 7 heteroatoms. The molecule has 0 aliphatic rings. The molecule has 0 bridgehead atoms. The van der Waals surface area contributed by atoms with Gasteiger partial charge in [0.05, 0.1) is 12.8 Å². The number of carbonyl (C=O) groups is 3. The maximum absolute atomic E-state index is 12.3. The Hall–Kier alpha value is -3.19. The fourth-order valence-electron chi connectivity index (χ4n) is 2.31. The maximum Gasteiger partial charge on any atom is 0.305 e. The second-order valence-electron chi connectivity index (χ2n) is 5.73. The first-order valence-corrected chi connectivity index (χ1v) is 8.15. The first-order valence-electron chi connectivity index (χ1n) is 8.15. The molecule has 7 nitrogen and oxygen atoms in total. The van der Waals surface area contributed by atoms with Crippen molar-refractivity contribution in [2.45, 2.75) is 19.4 Å². The van der Waals surface area contributed by atoms with E-state index >= 15 is 0 Å². The van der Waals surface area contributed by atoms with Crippen molar-refractivity contribution in [3.05, 3.63) is 65.2 Å². The lowest BCUT2D eigenvalue weighted by atomic mass is 10.1. The number of nitrogens with one attached hydrogen (secondary N) is 2. The Balaban J connectivity index is 1.94. The topological polar surface area (TPSA) is 122 Å². The van der Waals surface area contributed by atoms with Gasteiger partial charge in [0.25, 0.3) is 5.91 Å². The van der Waals surface area contributed by atoms with Crippen LogP contribution < -0.4 is 16.4 Å². The Morgan fingerprint density at radius 2 is 1.73 bits per heavy atom. The molecule has 0 unspecified atom stereocenters. The van der Waals surface area contributed by atoms with Crippen LogP contribution >= 0.6 is 0 Å². The minimum absolute atomic E-state index is 0.0867. The third-order valence-corrected chi connectivity index (χ3v) is 3.66. The summed E-state index contributed by atoms with van der Waals surface area (Å²) in [6, 6.07) is 14.0. The molecule has 5 N–H and O–H groups in total. The number of amides is 2. The van der Waals surface area contributed by atoms with Crippen LogP contribution in [-0.2, 0) is 22.6 Å². The van der Waals surface area contributed by atoms with Gasteiger partial charge in [-0.15, -0.1) is 0 Å². The minimum Gasteiger partial charge on any atom is -0.481 e. The first-order chi connectivity index (χ1) is 12.5. The summed E-state index contributed by atoms with van der Waals surface area (Å²) in [6.07, 6.45) is -0.0146. The van der Waals surface area contributed by atoms with E-state index in [9.17, 15) is 14.4 Å². The highest BCUT2D eigenvalue weighted by molar-refractivity contribution is 6.04. The molecule has 0 aliphatic carbocycles. The third kappa shape index (κ3) is 6.03. The van der Waals surface area contributed by atoms with Crippen LogP contribution in [0.15, 0.2) is 48.5 Å². The molecule has 2 aromatic carbocycles. The zero-order valence-corrected chi connectivity index (χ0v) is 14.2. The van der Waals surface area contributed by atoms with Gasteiger partial charge >= 0.3 is 5.97 Å². The number of aliphatic carboxylic acids is 1. The van der Waals surface area contributed by atoms with E-state index in [-0.39, 0.29) is 31.2 Å². The van der Waals surface area contributed by atoms with Crippen LogP contribution in [0.2, 0.25) is 0 Å². The lowest BCUT2D eigenvalue weighted by Crippen LogP contribution is -2.27. The van der Waals surface area contributed by atoms with E-state index in [1.807, 2.05) is 0 Å². The highest BCUT2D eigenvalue weighted by Crippen LogP contribution is 2.13. The number of rotatable bonds is 8. The summed E-state index contributed by atoms with van der Waals surface area (Å²) in [4.78, 5) is 34.5. The Labute approximate surface area is 151 Å². The highest BCUT2D eigenvalue weighted by atomic mass is 16.4. The number of carbonyl (C=O) groups excluding carboxylic acids is 2. The minimum atomic E-state index is -0.963. The van der Waals surface area contributed by atoms with Gasteiger partial charge in [-0.3, -0.25) is 14.4 Å². The summed E-state index contributed by atoms with van der Waals surface area (Å²) < 4.78 is 0. The third-order valence-electron chi connectivity index (χ3n) is 3.66. The summed E-state index contributed by atoms with van der Waals surface area (Å²) in [5, 5.41) is 13.9. The van der Waals surface area contributed by atoms with Crippen LogP contribution in [0.25, 0.3) is 0 Å². The molecule has 2 aromatic rings. The predicted octanol–water partition coefficient (Wildman–Crippen LogP) is 1.53. The number of carboxylic acid groups (broad SMARTS) is 1. The van der Waals surface area contributed by atoms with E-state index in [0.29, 0.717) is 23.4 Å². The van der Waals surface area contributed by atoms with E-state index in [4.69, 9.17) is 10.8 Å².